The van der Waals surface area contributed by atoms with Crippen molar-refractivity contribution >= 4 is 11.8 Å². The number of aromatic nitrogens is 1. The van der Waals surface area contributed by atoms with Gasteiger partial charge in [-0.3, -0.25) is 4.79 Å². The molecule has 1 heterocycles. The SMILES string of the molecule is Nc1ncc(C(F)(F)F)c(CC(=O)O)c1OC(F)(F)F. The van der Waals surface area contributed by atoms with E-state index >= 15 is 0 Å². The van der Waals surface area contributed by atoms with Crippen molar-refractivity contribution in [3.63, 3.8) is 0 Å². The minimum atomic E-state index is -5.34. The first kappa shape index (κ1) is 15.9. The van der Waals surface area contributed by atoms with Gasteiger partial charge in [0.15, 0.2) is 11.6 Å². The molecule has 0 unspecified atom stereocenters. The lowest BCUT2D eigenvalue weighted by molar-refractivity contribution is -0.274. The summed E-state index contributed by atoms with van der Waals surface area (Å²) in [6.45, 7) is 0. The summed E-state index contributed by atoms with van der Waals surface area (Å²) >= 11 is 0. The molecule has 0 aliphatic carbocycles. The summed E-state index contributed by atoms with van der Waals surface area (Å²) in [5.41, 5.74) is 2.12. The Hall–Kier alpha value is -2.20. The van der Waals surface area contributed by atoms with Crippen LogP contribution in [0.4, 0.5) is 32.2 Å². The molecule has 0 bridgehead atoms. The molecule has 1 aromatic rings. The fourth-order valence-corrected chi connectivity index (χ4v) is 1.35. The summed E-state index contributed by atoms with van der Waals surface area (Å²) in [5.74, 6) is -4.24. The molecule has 112 valence electrons. The number of ether oxygens (including phenoxy) is 1. The van der Waals surface area contributed by atoms with Gasteiger partial charge in [0, 0.05) is 11.8 Å². The fourth-order valence-electron chi connectivity index (χ4n) is 1.35. The van der Waals surface area contributed by atoms with Gasteiger partial charge in [0.1, 0.15) is 0 Å². The Labute approximate surface area is 107 Å². The Bertz CT molecular complexity index is 526. The lowest BCUT2D eigenvalue weighted by Gasteiger charge is -2.18. The predicted octanol–water partition coefficient (Wildman–Crippen LogP) is 2.21. The van der Waals surface area contributed by atoms with Crippen LogP contribution in [0.25, 0.3) is 0 Å². The van der Waals surface area contributed by atoms with E-state index in [1.807, 2.05) is 0 Å². The first-order valence-corrected chi connectivity index (χ1v) is 4.74. The van der Waals surface area contributed by atoms with Crippen molar-refractivity contribution in [1.82, 2.24) is 4.98 Å². The number of carbonyl (C=O) groups is 1. The van der Waals surface area contributed by atoms with Crippen LogP contribution in [0.2, 0.25) is 0 Å². The second kappa shape index (κ2) is 5.06. The van der Waals surface area contributed by atoms with E-state index in [2.05, 4.69) is 9.72 Å². The van der Waals surface area contributed by atoms with Crippen LogP contribution in [0, 0.1) is 0 Å². The number of hydrogen-bond donors (Lipinski definition) is 2. The Balaban J connectivity index is 3.50. The maximum atomic E-state index is 12.6. The first-order chi connectivity index (χ1) is 8.92. The van der Waals surface area contributed by atoms with Gasteiger partial charge in [0.05, 0.1) is 12.0 Å². The molecule has 0 amide bonds. The van der Waals surface area contributed by atoms with Gasteiger partial charge < -0.3 is 15.6 Å². The number of anilines is 1. The van der Waals surface area contributed by atoms with Crippen LogP contribution in [0.5, 0.6) is 5.75 Å². The smallest absolute Gasteiger partial charge is 0.481 e. The molecule has 1 aromatic heterocycles. The summed E-state index contributed by atoms with van der Waals surface area (Å²) in [6, 6.07) is 0. The van der Waals surface area contributed by atoms with E-state index in [0.717, 1.165) is 0 Å². The number of pyridine rings is 1. The van der Waals surface area contributed by atoms with Crippen LogP contribution in [-0.2, 0) is 17.4 Å². The number of rotatable bonds is 3. The first-order valence-electron chi connectivity index (χ1n) is 4.74. The third-order valence-electron chi connectivity index (χ3n) is 2.02. The summed E-state index contributed by atoms with van der Waals surface area (Å²) in [6.07, 6.45) is -11.6. The highest BCUT2D eigenvalue weighted by molar-refractivity contribution is 5.73. The van der Waals surface area contributed by atoms with Crippen LogP contribution in [0.15, 0.2) is 6.20 Å². The van der Waals surface area contributed by atoms with Crippen LogP contribution < -0.4 is 10.5 Å². The Morgan fingerprint density at radius 1 is 1.30 bits per heavy atom. The lowest BCUT2D eigenvalue weighted by atomic mass is 10.1. The molecule has 3 N–H and O–H groups in total. The second-order valence-corrected chi connectivity index (χ2v) is 3.48. The summed E-state index contributed by atoms with van der Waals surface area (Å²) in [7, 11) is 0. The minimum Gasteiger partial charge on any atom is -0.481 e. The second-order valence-electron chi connectivity index (χ2n) is 3.48. The largest absolute Gasteiger partial charge is 0.573 e. The Kier molecular flexibility index (Phi) is 4.01. The van der Waals surface area contributed by atoms with E-state index < -0.39 is 47.6 Å². The van der Waals surface area contributed by atoms with Crippen molar-refractivity contribution in [1.29, 1.82) is 0 Å². The van der Waals surface area contributed by atoms with Crippen molar-refractivity contribution in [3.8, 4) is 5.75 Å². The molecule has 5 nitrogen and oxygen atoms in total. The van der Waals surface area contributed by atoms with Crippen molar-refractivity contribution in [2.75, 3.05) is 5.73 Å². The average molecular weight is 304 g/mol. The average Bonchev–Trinajstić information content (AvgIpc) is 2.19. The third kappa shape index (κ3) is 3.90. The monoisotopic (exact) mass is 304 g/mol. The fraction of sp³-hybridized carbons (Fsp3) is 0.333. The maximum Gasteiger partial charge on any atom is 0.573 e. The maximum absolute atomic E-state index is 12.6. The normalized spacial score (nSPS) is 12.3. The lowest BCUT2D eigenvalue weighted by Crippen LogP contribution is -2.22. The van der Waals surface area contributed by atoms with Crippen LogP contribution in [0.3, 0.4) is 0 Å². The molecule has 1 rings (SSSR count). The minimum absolute atomic E-state index is 0.150. The number of hydrogen-bond acceptors (Lipinski definition) is 4. The van der Waals surface area contributed by atoms with Crippen molar-refractivity contribution < 1.29 is 41.0 Å². The van der Waals surface area contributed by atoms with Gasteiger partial charge in [-0.1, -0.05) is 0 Å². The van der Waals surface area contributed by atoms with E-state index in [-0.39, 0.29) is 6.20 Å². The number of nitrogens with zero attached hydrogens (tertiary/aromatic N) is 1. The number of nitrogens with two attached hydrogens (primary N) is 1. The molecule has 0 aliphatic heterocycles. The number of carboxylic acids is 1. The number of alkyl halides is 6. The Morgan fingerprint density at radius 2 is 1.85 bits per heavy atom. The van der Waals surface area contributed by atoms with E-state index in [4.69, 9.17) is 10.8 Å². The molecular weight excluding hydrogens is 298 g/mol. The highest BCUT2D eigenvalue weighted by Crippen LogP contribution is 2.39. The van der Waals surface area contributed by atoms with Crippen LogP contribution >= 0.6 is 0 Å². The van der Waals surface area contributed by atoms with Crippen molar-refractivity contribution in [3.05, 3.63) is 17.3 Å². The van der Waals surface area contributed by atoms with E-state index in [0.29, 0.717) is 0 Å². The molecule has 0 spiro atoms. The number of aliphatic carboxylic acids is 1. The van der Waals surface area contributed by atoms with Gasteiger partial charge in [-0.05, 0) is 0 Å². The number of halogens is 6. The molecule has 11 heteroatoms. The van der Waals surface area contributed by atoms with Gasteiger partial charge in [-0.25, -0.2) is 4.98 Å². The van der Waals surface area contributed by atoms with Gasteiger partial charge in [0.2, 0.25) is 0 Å². The summed E-state index contributed by atoms with van der Waals surface area (Å²) < 4.78 is 77.6. The van der Waals surface area contributed by atoms with E-state index in [1.54, 1.807) is 0 Å². The zero-order valence-electron chi connectivity index (χ0n) is 9.34. The third-order valence-corrected chi connectivity index (χ3v) is 2.02. The molecule has 0 aromatic carbocycles. The molecule has 0 atom stereocenters. The highest BCUT2D eigenvalue weighted by Gasteiger charge is 2.40. The van der Waals surface area contributed by atoms with Crippen LogP contribution in [-0.4, -0.2) is 22.4 Å². The zero-order chi connectivity index (χ0) is 15.7. The molecule has 0 radical (unpaired) electrons. The molecular formula is C9H6F6N2O3. The summed E-state index contributed by atoms with van der Waals surface area (Å²) in [5, 5.41) is 8.51. The topological polar surface area (TPSA) is 85.4 Å². The molecule has 0 saturated carbocycles. The molecule has 0 aliphatic rings. The highest BCUT2D eigenvalue weighted by atomic mass is 19.4. The predicted molar refractivity (Wildman–Crippen MR) is 51.7 cm³/mol. The van der Waals surface area contributed by atoms with E-state index in [9.17, 15) is 31.1 Å². The number of carboxylic acid groups (broad SMARTS) is 1. The molecule has 20 heavy (non-hydrogen) atoms. The van der Waals surface area contributed by atoms with Crippen molar-refractivity contribution in [2.45, 2.75) is 19.0 Å². The van der Waals surface area contributed by atoms with Gasteiger partial charge in [-0.15, -0.1) is 13.2 Å². The van der Waals surface area contributed by atoms with Crippen molar-refractivity contribution in [2.24, 2.45) is 0 Å². The molecule has 0 saturated heterocycles. The van der Waals surface area contributed by atoms with Gasteiger partial charge in [0.25, 0.3) is 0 Å². The Morgan fingerprint density at radius 3 is 2.25 bits per heavy atom. The summed E-state index contributed by atoms with van der Waals surface area (Å²) in [4.78, 5) is 13.4. The van der Waals surface area contributed by atoms with Gasteiger partial charge in [-0.2, -0.15) is 13.2 Å². The standard InChI is InChI=1S/C9H6F6N2O3/c10-8(11,12)4-2-17-7(16)6(20-9(13,14)15)3(4)1-5(18)19/h2H,1H2,(H2,16,17)(H,18,19). The molecule has 0 fully saturated rings. The van der Waals surface area contributed by atoms with Gasteiger partial charge >= 0.3 is 18.5 Å². The van der Waals surface area contributed by atoms with Crippen LogP contribution in [0.1, 0.15) is 11.1 Å². The quantitative estimate of drug-likeness (QED) is 0.836. The zero-order valence-corrected chi connectivity index (χ0v) is 9.34. The van der Waals surface area contributed by atoms with E-state index in [1.165, 1.54) is 0 Å². The number of nitrogen functional groups attached to an aromatic ring is 1.